The van der Waals surface area contributed by atoms with Crippen molar-refractivity contribution in [1.82, 2.24) is 5.32 Å². The van der Waals surface area contributed by atoms with Gasteiger partial charge in [0.25, 0.3) is 5.91 Å². The molecule has 124 valence electrons. The van der Waals surface area contributed by atoms with Gasteiger partial charge in [0.2, 0.25) is 0 Å². The molecule has 0 bridgehead atoms. The van der Waals surface area contributed by atoms with Gasteiger partial charge < -0.3 is 19.5 Å². The van der Waals surface area contributed by atoms with E-state index < -0.39 is 18.1 Å². The third-order valence-electron chi connectivity index (χ3n) is 3.63. The first-order valence-electron chi connectivity index (χ1n) is 7.53. The summed E-state index contributed by atoms with van der Waals surface area (Å²) in [6, 6.07) is 15.7. The van der Waals surface area contributed by atoms with Gasteiger partial charge in [-0.3, -0.25) is 4.79 Å². The largest absolute Gasteiger partial charge is 0.481 e. The molecule has 1 heterocycles. The summed E-state index contributed by atoms with van der Waals surface area (Å²) in [4.78, 5) is 23.3. The standard InChI is InChI=1S/C18H17NO5/c1-22-18(21)15-11-16(17(20)19-15)24-14-9-7-13(8-10-14)23-12-5-3-2-4-6-12/h2-10,15-16H,11H2,1H3,(H,19,20)/t15-,16+/m1/s1. The number of ether oxygens (including phenoxy) is 3. The highest BCUT2D eigenvalue weighted by atomic mass is 16.5. The molecule has 2 aromatic rings. The predicted molar refractivity (Wildman–Crippen MR) is 85.9 cm³/mol. The lowest BCUT2D eigenvalue weighted by Crippen LogP contribution is -2.34. The summed E-state index contributed by atoms with van der Waals surface area (Å²) in [5.74, 6) is 1.14. The van der Waals surface area contributed by atoms with Gasteiger partial charge in [-0.2, -0.15) is 0 Å². The van der Waals surface area contributed by atoms with Gasteiger partial charge in [-0.05, 0) is 36.4 Å². The van der Waals surface area contributed by atoms with Crippen LogP contribution in [0.2, 0.25) is 0 Å². The van der Waals surface area contributed by atoms with Crippen molar-refractivity contribution in [3.63, 3.8) is 0 Å². The van der Waals surface area contributed by atoms with E-state index in [1.165, 1.54) is 7.11 Å². The molecule has 0 aliphatic carbocycles. The van der Waals surface area contributed by atoms with E-state index in [9.17, 15) is 9.59 Å². The highest BCUT2D eigenvalue weighted by Crippen LogP contribution is 2.25. The van der Waals surface area contributed by atoms with E-state index in [1.807, 2.05) is 30.3 Å². The van der Waals surface area contributed by atoms with Gasteiger partial charge in [-0.25, -0.2) is 4.79 Å². The van der Waals surface area contributed by atoms with Crippen LogP contribution >= 0.6 is 0 Å². The van der Waals surface area contributed by atoms with Gasteiger partial charge in [0, 0.05) is 6.42 Å². The Hall–Kier alpha value is -3.02. The van der Waals surface area contributed by atoms with E-state index in [-0.39, 0.29) is 12.3 Å². The van der Waals surface area contributed by atoms with Crippen molar-refractivity contribution in [3.05, 3.63) is 54.6 Å². The highest BCUT2D eigenvalue weighted by molar-refractivity contribution is 5.91. The summed E-state index contributed by atoms with van der Waals surface area (Å²) in [5.41, 5.74) is 0. The first-order valence-corrected chi connectivity index (χ1v) is 7.53. The van der Waals surface area contributed by atoms with Gasteiger partial charge in [0.1, 0.15) is 23.3 Å². The van der Waals surface area contributed by atoms with E-state index in [0.29, 0.717) is 11.5 Å². The molecule has 1 N–H and O–H groups in total. The Bertz CT molecular complexity index is 714. The summed E-state index contributed by atoms with van der Waals surface area (Å²) in [6.07, 6.45) is -0.469. The van der Waals surface area contributed by atoms with E-state index in [0.717, 1.165) is 5.75 Å². The van der Waals surface area contributed by atoms with Gasteiger partial charge in [-0.15, -0.1) is 0 Å². The fraction of sp³-hybridized carbons (Fsp3) is 0.222. The van der Waals surface area contributed by atoms with Crippen LogP contribution in [-0.4, -0.2) is 31.1 Å². The second-order valence-electron chi connectivity index (χ2n) is 5.31. The van der Waals surface area contributed by atoms with Gasteiger partial charge in [0.05, 0.1) is 7.11 Å². The number of benzene rings is 2. The molecule has 1 aliphatic rings. The number of carbonyl (C=O) groups excluding carboxylic acids is 2. The molecular weight excluding hydrogens is 310 g/mol. The summed E-state index contributed by atoms with van der Waals surface area (Å²) >= 11 is 0. The quantitative estimate of drug-likeness (QED) is 0.853. The van der Waals surface area contributed by atoms with E-state index in [2.05, 4.69) is 10.1 Å². The molecule has 1 saturated heterocycles. The average Bonchev–Trinajstić information content (AvgIpc) is 2.97. The fourth-order valence-electron chi connectivity index (χ4n) is 2.42. The summed E-state index contributed by atoms with van der Waals surface area (Å²) in [7, 11) is 1.29. The first-order chi connectivity index (χ1) is 11.7. The highest BCUT2D eigenvalue weighted by Gasteiger charge is 2.38. The lowest BCUT2D eigenvalue weighted by molar-refractivity contribution is -0.143. The summed E-state index contributed by atoms with van der Waals surface area (Å²) in [5, 5.41) is 2.56. The number of nitrogens with one attached hydrogen (secondary N) is 1. The van der Waals surface area contributed by atoms with Gasteiger partial charge >= 0.3 is 5.97 Å². The van der Waals surface area contributed by atoms with Crippen molar-refractivity contribution >= 4 is 11.9 Å². The Labute approximate surface area is 139 Å². The Morgan fingerprint density at radius 1 is 1.00 bits per heavy atom. The minimum atomic E-state index is -0.713. The third kappa shape index (κ3) is 3.65. The molecule has 2 atom stereocenters. The molecule has 2 aromatic carbocycles. The zero-order valence-electron chi connectivity index (χ0n) is 13.1. The van der Waals surface area contributed by atoms with Crippen LogP contribution in [0.15, 0.2) is 54.6 Å². The third-order valence-corrected chi connectivity index (χ3v) is 3.63. The molecule has 24 heavy (non-hydrogen) atoms. The second-order valence-corrected chi connectivity index (χ2v) is 5.31. The predicted octanol–water partition coefficient (Wildman–Crippen LogP) is 2.29. The summed E-state index contributed by atoms with van der Waals surface area (Å²) in [6.45, 7) is 0. The Morgan fingerprint density at radius 2 is 1.62 bits per heavy atom. The molecule has 1 aliphatic heterocycles. The van der Waals surface area contributed by atoms with Crippen molar-refractivity contribution in [2.75, 3.05) is 7.11 Å². The second kappa shape index (κ2) is 7.04. The smallest absolute Gasteiger partial charge is 0.328 e. The number of methoxy groups -OCH3 is 1. The SMILES string of the molecule is COC(=O)[C@H]1C[C@H](Oc2ccc(Oc3ccccc3)cc2)C(=O)N1. The number of amides is 1. The maximum absolute atomic E-state index is 11.8. The number of para-hydroxylation sites is 1. The number of carbonyl (C=O) groups is 2. The minimum absolute atomic E-state index is 0.244. The Morgan fingerprint density at radius 3 is 2.29 bits per heavy atom. The van der Waals surface area contributed by atoms with Crippen molar-refractivity contribution in [3.8, 4) is 17.2 Å². The van der Waals surface area contributed by atoms with Crippen LogP contribution in [0.5, 0.6) is 17.2 Å². The van der Waals surface area contributed by atoms with Crippen LogP contribution in [0.3, 0.4) is 0 Å². The normalized spacial score (nSPS) is 19.5. The van der Waals surface area contributed by atoms with Gasteiger partial charge in [-0.1, -0.05) is 18.2 Å². The monoisotopic (exact) mass is 327 g/mol. The molecule has 0 saturated carbocycles. The first kappa shape index (κ1) is 15.9. The van der Waals surface area contributed by atoms with Crippen molar-refractivity contribution < 1.29 is 23.8 Å². The summed E-state index contributed by atoms with van der Waals surface area (Å²) < 4.78 is 16.0. The number of rotatable bonds is 5. The molecule has 6 nitrogen and oxygen atoms in total. The molecule has 6 heteroatoms. The molecule has 0 radical (unpaired) electrons. The van der Waals surface area contributed by atoms with Gasteiger partial charge in [0.15, 0.2) is 6.10 Å². The number of esters is 1. The maximum atomic E-state index is 11.8. The van der Waals surface area contributed by atoms with Crippen LogP contribution < -0.4 is 14.8 Å². The molecule has 0 spiro atoms. The van der Waals surface area contributed by atoms with Crippen LogP contribution in [0, 0.1) is 0 Å². The molecule has 1 amide bonds. The van der Waals surface area contributed by atoms with Crippen LogP contribution in [0.4, 0.5) is 0 Å². The molecular formula is C18H17NO5. The molecule has 1 fully saturated rings. The average molecular weight is 327 g/mol. The Kier molecular flexibility index (Phi) is 4.65. The molecule has 3 rings (SSSR count). The van der Waals surface area contributed by atoms with Crippen molar-refractivity contribution in [2.24, 2.45) is 0 Å². The lowest BCUT2D eigenvalue weighted by Gasteiger charge is -2.12. The minimum Gasteiger partial charge on any atom is -0.481 e. The van der Waals surface area contributed by atoms with Crippen molar-refractivity contribution in [1.29, 1.82) is 0 Å². The van der Waals surface area contributed by atoms with E-state index in [4.69, 9.17) is 9.47 Å². The van der Waals surface area contributed by atoms with Crippen LogP contribution in [0.25, 0.3) is 0 Å². The van der Waals surface area contributed by atoms with Crippen molar-refractivity contribution in [2.45, 2.75) is 18.6 Å². The number of hydrogen-bond donors (Lipinski definition) is 1. The van der Waals surface area contributed by atoms with E-state index >= 15 is 0 Å². The lowest BCUT2D eigenvalue weighted by atomic mass is 10.2. The Balaban J connectivity index is 1.60. The number of hydrogen-bond acceptors (Lipinski definition) is 5. The zero-order valence-corrected chi connectivity index (χ0v) is 13.1. The topological polar surface area (TPSA) is 73.9 Å². The molecule has 0 unspecified atom stereocenters. The zero-order chi connectivity index (χ0) is 16.9. The fourth-order valence-corrected chi connectivity index (χ4v) is 2.42. The van der Waals surface area contributed by atoms with Crippen LogP contribution in [0.1, 0.15) is 6.42 Å². The maximum Gasteiger partial charge on any atom is 0.328 e. The van der Waals surface area contributed by atoms with Crippen LogP contribution in [-0.2, 0) is 14.3 Å². The molecule has 0 aromatic heterocycles. The van der Waals surface area contributed by atoms with E-state index in [1.54, 1.807) is 24.3 Å².